The lowest BCUT2D eigenvalue weighted by molar-refractivity contribution is -0.129. The lowest BCUT2D eigenvalue weighted by atomic mass is 10.2. The van der Waals surface area contributed by atoms with Gasteiger partial charge in [-0.2, -0.15) is 0 Å². The van der Waals surface area contributed by atoms with Crippen LogP contribution < -0.4 is 0 Å². The Hall–Kier alpha value is -1.62. The van der Waals surface area contributed by atoms with E-state index in [2.05, 4.69) is 4.98 Å². The standard InChI is InChI=1S/C14H15ClFN3O/c1-8(15)13-17-10-7-9(16)3-4-11(10)19(13)12-5-6-18(2)14(12)20/h3-4,7-8,12H,5-6H2,1-2H3. The maximum Gasteiger partial charge on any atom is 0.245 e. The Morgan fingerprint density at radius 3 is 2.85 bits per heavy atom. The highest BCUT2D eigenvalue weighted by molar-refractivity contribution is 6.20. The molecule has 1 aliphatic rings. The Balaban J connectivity index is 2.22. The smallest absolute Gasteiger partial charge is 0.245 e. The van der Waals surface area contributed by atoms with Crippen LogP contribution in [-0.4, -0.2) is 34.0 Å². The number of nitrogens with zero attached hydrogens (tertiary/aromatic N) is 3. The average Bonchev–Trinajstić information content (AvgIpc) is 2.91. The molecular weight excluding hydrogens is 281 g/mol. The summed E-state index contributed by atoms with van der Waals surface area (Å²) >= 11 is 6.18. The zero-order chi connectivity index (χ0) is 14.4. The van der Waals surface area contributed by atoms with Crippen LogP contribution in [0, 0.1) is 5.82 Å². The molecule has 0 radical (unpaired) electrons. The van der Waals surface area contributed by atoms with E-state index < -0.39 is 0 Å². The van der Waals surface area contributed by atoms with Crippen molar-refractivity contribution in [2.75, 3.05) is 13.6 Å². The highest BCUT2D eigenvalue weighted by Gasteiger charge is 2.34. The molecule has 2 atom stereocenters. The number of rotatable bonds is 2. The fraction of sp³-hybridized carbons (Fsp3) is 0.429. The van der Waals surface area contributed by atoms with Crippen LogP contribution in [0.25, 0.3) is 11.0 Å². The number of amides is 1. The van der Waals surface area contributed by atoms with Crippen LogP contribution in [0.3, 0.4) is 0 Å². The van der Waals surface area contributed by atoms with Crippen molar-refractivity contribution >= 4 is 28.5 Å². The van der Waals surface area contributed by atoms with Crippen molar-refractivity contribution in [2.24, 2.45) is 0 Å². The van der Waals surface area contributed by atoms with Gasteiger partial charge in [-0.3, -0.25) is 4.79 Å². The Morgan fingerprint density at radius 1 is 1.50 bits per heavy atom. The van der Waals surface area contributed by atoms with Gasteiger partial charge in [0.05, 0.1) is 16.4 Å². The van der Waals surface area contributed by atoms with Crippen LogP contribution >= 0.6 is 11.6 Å². The minimum absolute atomic E-state index is 0.0483. The number of benzene rings is 1. The maximum absolute atomic E-state index is 13.3. The molecule has 3 rings (SSSR count). The summed E-state index contributed by atoms with van der Waals surface area (Å²) in [5, 5.41) is -0.343. The van der Waals surface area contributed by atoms with Crippen molar-refractivity contribution in [2.45, 2.75) is 24.8 Å². The maximum atomic E-state index is 13.3. The second kappa shape index (κ2) is 4.74. The van der Waals surface area contributed by atoms with Gasteiger partial charge in [0.1, 0.15) is 17.7 Å². The Kier molecular flexibility index (Phi) is 3.17. The molecule has 20 heavy (non-hydrogen) atoms. The number of hydrogen-bond donors (Lipinski definition) is 0. The van der Waals surface area contributed by atoms with Crippen LogP contribution in [0.5, 0.6) is 0 Å². The summed E-state index contributed by atoms with van der Waals surface area (Å²) in [6.07, 6.45) is 0.717. The molecule has 6 heteroatoms. The van der Waals surface area contributed by atoms with Crippen LogP contribution in [0.2, 0.25) is 0 Å². The molecule has 0 N–H and O–H groups in total. The van der Waals surface area contributed by atoms with Gasteiger partial charge in [-0.05, 0) is 25.5 Å². The van der Waals surface area contributed by atoms with Crippen molar-refractivity contribution in [1.82, 2.24) is 14.5 Å². The van der Waals surface area contributed by atoms with Gasteiger partial charge in [-0.1, -0.05) is 0 Å². The van der Waals surface area contributed by atoms with Crippen molar-refractivity contribution in [3.05, 3.63) is 29.8 Å². The molecule has 1 fully saturated rings. The molecule has 2 unspecified atom stereocenters. The number of fused-ring (bicyclic) bond motifs is 1. The average molecular weight is 296 g/mol. The number of aromatic nitrogens is 2. The predicted molar refractivity (Wildman–Crippen MR) is 75.3 cm³/mol. The first-order chi connectivity index (χ1) is 9.49. The van der Waals surface area contributed by atoms with Crippen molar-refractivity contribution in [1.29, 1.82) is 0 Å². The van der Waals surface area contributed by atoms with E-state index in [0.29, 0.717) is 17.9 Å². The fourth-order valence-electron chi connectivity index (χ4n) is 2.74. The Bertz CT molecular complexity index is 682. The van der Waals surface area contributed by atoms with E-state index >= 15 is 0 Å². The number of alkyl halides is 1. The van der Waals surface area contributed by atoms with E-state index in [0.717, 1.165) is 11.9 Å². The molecule has 0 saturated carbocycles. The molecular formula is C14H15ClFN3O. The molecule has 0 bridgehead atoms. The number of likely N-dealkylation sites (tertiary alicyclic amines) is 1. The fourth-order valence-corrected chi connectivity index (χ4v) is 2.90. The van der Waals surface area contributed by atoms with Gasteiger partial charge < -0.3 is 9.47 Å². The molecule has 106 valence electrons. The Morgan fingerprint density at radius 2 is 2.25 bits per heavy atom. The van der Waals surface area contributed by atoms with Crippen LogP contribution in [0.1, 0.15) is 30.6 Å². The summed E-state index contributed by atoms with van der Waals surface area (Å²) in [5.74, 6) is 0.318. The molecule has 0 spiro atoms. The zero-order valence-corrected chi connectivity index (χ0v) is 12.1. The van der Waals surface area contributed by atoms with Gasteiger partial charge in [-0.25, -0.2) is 9.37 Å². The topological polar surface area (TPSA) is 38.1 Å². The van der Waals surface area contributed by atoms with E-state index in [4.69, 9.17) is 11.6 Å². The summed E-state index contributed by atoms with van der Waals surface area (Å²) in [4.78, 5) is 18.3. The highest BCUT2D eigenvalue weighted by Crippen LogP contribution is 2.32. The molecule has 1 aliphatic heterocycles. The Labute approximate surface area is 121 Å². The molecule has 1 saturated heterocycles. The first-order valence-electron chi connectivity index (χ1n) is 6.55. The largest absolute Gasteiger partial charge is 0.344 e. The highest BCUT2D eigenvalue weighted by atomic mass is 35.5. The molecule has 1 amide bonds. The SMILES string of the molecule is CC(Cl)c1nc2cc(F)ccc2n1C1CCN(C)C1=O. The third-order valence-corrected chi connectivity index (χ3v) is 3.94. The van der Waals surface area contributed by atoms with Gasteiger partial charge in [-0.15, -0.1) is 11.6 Å². The molecule has 2 aromatic rings. The van der Waals surface area contributed by atoms with E-state index in [1.807, 2.05) is 4.57 Å². The van der Waals surface area contributed by atoms with Gasteiger partial charge in [0.2, 0.25) is 5.91 Å². The van der Waals surface area contributed by atoms with Gasteiger partial charge in [0.25, 0.3) is 0 Å². The number of carbonyl (C=O) groups excluding carboxylic acids is 1. The minimum atomic E-state index is -0.343. The van der Waals surface area contributed by atoms with Crippen LogP contribution in [-0.2, 0) is 4.79 Å². The van der Waals surface area contributed by atoms with E-state index in [1.54, 1.807) is 24.9 Å². The summed E-state index contributed by atoms with van der Waals surface area (Å²) < 4.78 is 15.2. The third-order valence-electron chi connectivity index (χ3n) is 3.75. The monoisotopic (exact) mass is 295 g/mol. The molecule has 2 heterocycles. The van der Waals surface area contributed by atoms with E-state index in [9.17, 15) is 9.18 Å². The van der Waals surface area contributed by atoms with E-state index in [1.165, 1.54) is 12.1 Å². The number of imidazole rings is 1. The first kappa shape index (κ1) is 13.4. The zero-order valence-electron chi connectivity index (χ0n) is 11.3. The summed E-state index contributed by atoms with van der Waals surface area (Å²) in [6, 6.07) is 4.11. The van der Waals surface area contributed by atoms with Gasteiger partial charge in [0.15, 0.2) is 0 Å². The first-order valence-corrected chi connectivity index (χ1v) is 6.99. The van der Waals surface area contributed by atoms with Gasteiger partial charge in [0, 0.05) is 19.7 Å². The lowest BCUT2D eigenvalue weighted by Crippen LogP contribution is -2.25. The van der Waals surface area contributed by atoms with Gasteiger partial charge >= 0.3 is 0 Å². The minimum Gasteiger partial charge on any atom is -0.344 e. The summed E-state index contributed by atoms with van der Waals surface area (Å²) in [7, 11) is 1.78. The summed E-state index contributed by atoms with van der Waals surface area (Å²) in [6.45, 7) is 2.51. The second-order valence-corrected chi connectivity index (χ2v) is 5.81. The van der Waals surface area contributed by atoms with Crippen molar-refractivity contribution in [3.8, 4) is 0 Å². The number of hydrogen-bond acceptors (Lipinski definition) is 2. The van der Waals surface area contributed by atoms with Crippen LogP contribution in [0.4, 0.5) is 4.39 Å². The quantitative estimate of drug-likeness (QED) is 0.799. The number of halogens is 2. The molecule has 1 aromatic heterocycles. The second-order valence-electron chi connectivity index (χ2n) is 5.15. The van der Waals surface area contributed by atoms with Crippen molar-refractivity contribution < 1.29 is 9.18 Å². The molecule has 4 nitrogen and oxygen atoms in total. The van der Waals surface area contributed by atoms with Crippen molar-refractivity contribution in [3.63, 3.8) is 0 Å². The lowest BCUT2D eigenvalue weighted by Gasteiger charge is -2.16. The number of likely N-dealkylation sites (N-methyl/N-ethyl adjacent to an activating group) is 1. The summed E-state index contributed by atoms with van der Waals surface area (Å²) in [5.41, 5.74) is 1.29. The van der Waals surface area contributed by atoms with E-state index in [-0.39, 0.29) is 23.1 Å². The molecule has 1 aromatic carbocycles. The van der Waals surface area contributed by atoms with Crippen LogP contribution in [0.15, 0.2) is 18.2 Å². The normalized spacial score (nSPS) is 20.9. The number of carbonyl (C=O) groups is 1. The molecule has 0 aliphatic carbocycles. The third kappa shape index (κ3) is 1.97. The predicted octanol–water partition coefficient (Wildman–Crippen LogP) is 2.88.